The van der Waals surface area contributed by atoms with Gasteiger partial charge in [0.05, 0.1) is 6.54 Å². The molecular weight excluding hydrogens is 346 g/mol. The number of guanidine groups is 1. The fraction of sp³-hybridized carbons (Fsp3) is 0.368. The van der Waals surface area contributed by atoms with Gasteiger partial charge in [0.2, 0.25) is 5.96 Å². The zero-order valence-electron chi connectivity index (χ0n) is 15.7. The Bertz CT molecular complexity index is 922. The summed E-state index contributed by atoms with van der Waals surface area (Å²) in [5, 5.41) is 0. The summed E-state index contributed by atoms with van der Waals surface area (Å²) in [5.41, 5.74) is 3.00. The summed E-state index contributed by atoms with van der Waals surface area (Å²) in [4.78, 5) is 48.0. The van der Waals surface area contributed by atoms with Crippen molar-refractivity contribution in [3.8, 4) is 0 Å². The third-order valence-electron chi connectivity index (χ3n) is 5.03. The third kappa shape index (κ3) is 2.51. The van der Waals surface area contributed by atoms with Crippen molar-refractivity contribution in [1.82, 2.24) is 14.7 Å². The minimum atomic E-state index is -0.660. The second-order valence-electron chi connectivity index (χ2n) is 7.16. The van der Waals surface area contributed by atoms with Gasteiger partial charge in [-0.2, -0.15) is 0 Å². The number of Topliss-reactive ketones (excluding diaryl/α,β-unsaturated/α-hetero) is 1. The molecule has 1 fully saturated rings. The van der Waals surface area contributed by atoms with Gasteiger partial charge in [0.25, 0.3) is 5.91 Å². The van der Waals surface area contributed by atoms with Gasteiger partial charge in [0.15, 0.2) is 12.2 Å². The van der Waals surface area contributed by atoms with E-state index in [1.54, 1.807) is 11.9 Å². The number of anilines is 1. The van der Waals surface area contributed by atoms with Gasteiger partial charge in [-0.1, -0.05) is 12.1 Å². The van der Waals surface area contributed by atoms with Gasteiger partial charge in [-0.3, -0.25) is 19.4 Å². The van der Waals surface area contributed by atoms with Crippen LogP contribution < -0.4 is 4.90 Å². The minimum absolute atomic E-state index is 0.224. The SMILES string of the molecule is CC(=O)CN1C(=O)C2C(N=C3N(c4cccc(C)c4)C(C)=CN32)N(C)C1=O. The summed E-state index contributed by atoms with van der Waals surface area (Å²) in [6.45, 7) is 5.11. The van der Waals surface area contributed by atoms with Crippen LogP contribution >= 0.6 is 0 Å². The van der Waals surface area contributed by atoms with Crippen molar-refractivity contribution in [3.05, 3.63) is 41.7 Å². The molecule has 0 N–H and O–H groups in total. The van der Waals surface area contributed by atoms with E-state index < -0.39 is 24.1 Å². The summed E-state index contributed by atoms with van der Waals surface area (Å²) in [6, 6.07) is 6.86. The van der Waals surface area contributed by atoms with E-state index in [1.807, 2.05) is 49.2 Å². The highest BCUT2D eigenvalue weighted by Gasteiger charge is 2.54. The molecule has 1 aromatic rings. The van der Waals surface area contributed by atoms with E-state index in [0.29, 0.717) is 5.96 Å². The normalized spacial score (nSPS) is 24.1. The largest absolute Gasteiger partial charge is 0.328 e. The maximum absolute atomic E-state index is 13.0. The average molecular weight is 367 g/mol. The molecule has 3 aliphatic rings. The average Bonchev–Trinajstić information content (AvgIpc) is 3.11. The molecular formula is C19H21N5O3. The zero-order valence-corrected chi connectivity index (χ0v) is 15.7. The van der Waals surface area contributed by atoms with Crippen LogP contribution in [0.25, 0.3) is 0 Å². The molecule has 1 saturated heterocycles. The van der Waals surface area contributed by atoms with Gasteiger partial charge in [0, 0.05) is 24.6 Å². The maximum Gasteiger partial charge on any atom is 0.328 e. The van der Waals surface area contributed by atoms with Crippen LogP contribution in [0.3, 0.4) is 0 Å². The number of ketones is 1. The highest BCUT2D eigenvalue weighted by molar-refractivity contribution is 6.10. The van der Waals surface area contributed by atoms with E-state index in [2.05, 4.69) is 0 Å². The van der Waals surface area contributed by atoms with Crippen molar-refractivity contribution in [2.24, 2.45) is 4.99 Å². The quantitative estimate of drug-likeness (QED) is 0.810. The second kappa shape index (κ2) is 5.94. The lowest BCUT2D eigenvalue weighted by Gasteiger charge is -2.39. The number of fused-ring (bicyclic) bond motifs is 3. The first-order valence-electron chi connectivity index (χ1n) is 8.78. The number of amides is 3. The minimum Gasteiger partial charge on any atom is -0.302 e. The molecule has 0 saturated carbocycles. The number of carbonyl (C=O) groups excluding carboxylic acids is 3. The first kappa shape index (κ1) is 17.3. The highest BCUT2D eigenvalue weighted by Crippen LogP contribution is 2.36. The molecule has 2 atom stereocenters. The Morgan fingerprint density at radius 1 is 1.22 bits per heavy atom. The van der Waals surface area contributed by atoms with E-state index in [-0.39, 0.29) is 12.3 Å². The molecule has 4 rings (SSSR count). The van der Waals surface area contributed by atoms with Crippen molar-refractivity contribution >= 4 is 29.4 Å². The first-order chi connectivity index (χ1) is 12.8. The molecule has 3 heterocycles. The number of hydrogen-bond donors (Lipinski definition) is 0. The third-order valence-corrected chi connectivity index (χ3v) is 5.03. The Morgan fingerprint density at radius 3 is 2.63 bits per heavy atom. The molecule has 0 spiro atoms. The number of carbonyl (C=O) groups is 3. The van der Waals surface area contributed by atoms with Crippen LogP contribution in [0.15, 0.2) is 41.2 Å². The Kier molecular flexibility index (Phi) is 3.80. The number of hydrogen-bond acceptors (Lipinski definition) is 6. The molecule has 0 radical (unpaired) electrons. The van der Waals surface area contributed by atoms with Crippen molar-refractivity contribution < 1.29 is 14.4 Å². The number of imide groups is 1. The Morgan fingerprint density at radius 2 is 1.96 bits per heavy atom. The van der Waals surface area contributed by atoms with Crippen molar-refractivity contribution in [2.45, 2.75) is 33.0 Å². The zero-order chi connectivity index (χ0) is 19.5. The number of urea groups is 1. The van der Waals surface area contributed by atoms with Crippen molar-refractivity contribution in [3.63, 3.8) is 0 Å². The Labute approximate surface area is 157 Å². The van der Waals surface area contributed by atoms with Crippen LogP contribution in [-0.4, -0.2) is 64.2 Å². The van der Waals surface area contributed by atoms with Crippen LogP contribution in [0.2, 0.25) is 0 Å². The van der Waals surface area contributed by atoms with Gasteiger partial charge in [-0.25, -0.2) is 9.79 Å². The summed E-state index contributed by atoms with van der Waals surface area (Å²) < 4.78 is 0. The number of benzene rings is 1. The molecule has 0 aromatic heterocycles. The van der Waals surface area contributed by atoms with E-state index in [0.717, 1.165) is 21.8 Å². The van der Waals surface area contributed by atoms with Gasteiger partial charge < -0.3 is 9.80 Å². The molecule has 1 aromatic carbocycles. The van der Waals surface area contributed by atoms with Crippen LogP contribution in [0, 0.1) is 6.92 Å². The molecule has 2 unspecified atom stereocenters. The van der Waals surface area contributed by atoms with Gasteiger partial charge >= 0.3 is 6.03 Å². The molecule has 8 heteroatoms. The van der Waals surface area contributed by atoms with Crippen molar-refractivity contribution in [2.75, 3.05) is 18.5 Å². The molecule has 0 bridgehead atoms. The summed E-state index contributed by atoms with van der Waals surface area (Å²) in [7, 11) is 1.61. The van der Waals surface area contributed by atoms with Crippen molar-refractivity contribution in [1.29, 1.82) is 0 Å². The number of aryl methyl sites for hydroxylation is 1. The summed E-state index contributed by atoms with van der Waals surface area (Å²) in [6.07, 6.45) is 1.26. The summed E-state index contributed by atoms with van der Waals surface area (Å²) in [5.74, 6) is -0.0183. The number of likely N-dealkylation sites (N-methyl/N-ethyl adjacent to an activating group) is 1. The lowest BCUT2D eigenvalue weighted by atomic mass is 10.1. The van der Waals surface area contributed by atoms with E-state index in [4.69, 9.17) is 4.99 Å². The topological polar surface area (TPSA) is 76.5 Å². The van der Waals surface area contributed by atoms with Crippen LogP contribution in [-0.2, 0) is 9.59 Å². The molecule has 8 nitrogen and oxygen atoms in total. The Balaban J connectivity index is 1.73. The van der Waals surface area contributed by atoms with Gasteiger partial charge in [-0.15, -0.1) is 0 Å². The highest BCUT2D eigenvalue weighted by atomic mass is 16.2. The molecule has 0 aliphatic carbocycles. The molecule has 3 amide bonds. The fourth-order valence-electron chi connectivity index (χ4n) is 3.81. The van der Waals surface area contributed by atoms with Crippen LogP contribution in [0.5, 0.6) is 0 Å². The van der Waals surface area contributed by atoms with Gasteiger partial charge in [0.1, 0.15) is 5.78 Å². The van der Waals surface area contributed by atoms with Gasteiger partial charge in [-0.05, 0) is 38.5 Å². The predicted octanol–water partition coefficient (Wildman–Crippen LogP) is 1.53. The fourth-order valence-corrected chi connectivity index (χ4v) is 3.81. The number of aliphatic imine (C=N–C) groups is 1. The summed E-state index contributed by atoms with van der Waals surface area (Å²) >= 11 is 0. The van der Waals surface area contributed by atoms with Crippen LogP contribution in [0.4, 0.5) is 10.5 Å². The smallest absolute Gasteiger partial charge is 0.302 e. The van der Waals surface area contributed by atoms with E-state index in [9.17, 15) is 14.4 Å². The predicted molar refractivity (Wildman–Crippen MR) is 99.8 cm³/mol. The van der Waals surface area contributed by atoms with Crippen LogP contribution in [0.1, 0.15) is 19.4 Å². The number of nitrogens with zero attached hydrogens (tertiary/aromatic N) is 5. The Hall–Kier alpha value is -3.16. The maximum atomic E-state index is 13.0. The first-order valence-corrected chi connectivity index (χ1v) is 8.78. The lowest BCUT2D eigenvalue weighted by molar-refractivity contribution is -0.139. The van der Waals surface area contributed by atoms with E-state index in [1.165, 1.54) is 11.8 Å². The molecule has 3 aliphatic heterocycles. The molecule has 27 heavy (non-hydrogen) atoms. The van der Waals surface area contributed by atoms with E-state index >= 15 is 0 Å². The number of rotatable bonds is 3. The molecule has 140 valence electrons. The number of allylic oxidation sites excluding steroid dienone is 1. The second-order valence-corrected chi connectivity index (χ2v) is 7.16. The monoisotopic (exact) mass is 367 g/mol. The standard InChI is InChI=1S/C19H21N5O3/c1-11-6-5-7-14(8-11)24-12(2)9-22-15-16(20-18(22)24)21(4)19(27)23(17(15)26)10-13(3)25/h5-9,15-16H,10H2,1-4H3. The lowest BCUT2D eigenvalue weighted by Crippen LogP contribution is -2.64.